The van der Waals surface area contributed by atoms with Gasteiger partial charge in [0.1, 0.15) is 17.7 Å². The molecule has 0 aliphatic heterocycles. The van der Waals surface area contributed by atoms with E-state index in [-0.39, 0.29) is 6.61 Å². The number of aryl methyl sites for hydroxylation is 1. The van der Waals surface area contributed by atoms with Crippen molar-refractivity contribution < 1.29 is 9.15 Å². The van der Waals surface area contributed by atoms with E-state index in [1.165, 1.54) is 6.07 Å². The third-order valence-corrected chi connectivity index (χ3v) is 5.66. The van der Waals surface area contributed by atoms with Crippen molar-refractivity contribution >= 4 is 55.8 Å². The molecule has 2 heterocycles. The smallest absolute Gasteiger partial charge is 0.336 e. The molecule has 0 bridgehead atoms. The predicted octanol–water partition coefficient (Wildman–Crippen LogP) is 6.69. The van der Waals surface area contributed by atoms with Gasteiger partial charge in [0, 0.05) is 28.1 Å². The molecule has 6 heteroatoms. The standard InChI is InChI=1S/C24H15Cl2NO3/c1-13-6-8-17-18(25)11-19(26)24(23(17)27-13)29-12-15-10-21(28)30-20-9-7-14-4-2-3-5-16(14)22(15)20/h2-11H,12H2,1H3. The molecule has 0 saturated heterocycles. The molecule has 3 aromatic carbocycles. The Labute approximate surface area is 181 Å². The van der Waals surface area contributed by atoms with Crippen LogP contribution in [-0.2, 0) is 6.61 Å². The number of aromatic nitrogens is 1. The van der Waals surface area contributed by atoms with E-state index in [4.69, 9.17) is 32.4 Å². The maximum Gasteiger partial charge on any atom is 0.336 e. The van der Waals surface area contributed by atoms with Crippen molar-refractivity contribution in [3.05, 3.63) is 92.4 Å². The fourth-order valence-electron chi connectivity index (χ4n) is 3.71. The van der Waals surface area contributed by atoms with E-state index in [1.807, 2.05) is 49.4 Å². The molecule has 5 rings (SSSR count). The normalized spacial score (nSPS) is 11.4. The number of benzene rings is 3. The average molecular weight is 436 g/mol. The molecule has 0 N–H and O–H groups in total. The van der Waals surface area contributed by atoms with Crippen molar-refractivity contribution in [3.63, 3.8) is 0 Å². The summed E-state index contributed by atoms with van der Waals surface area (Å²) in [7, 11) is 0. The molecule has 5 aromatic rings. The van der Waals surface area contributed by atoms with Crippen LogP contribution in [0.25, 0.3) is 32.6 Å². The quantitative estimate of drug-likeness (QED) is 0.234. The lowest BCUT2D eigenvalue weighted by molar-refractivity contribution is 0.310. The molecule has 2 aromatic heterocycles. The van der Waals surface area contributed by atoms with Crippen LogP contribution in [0.5, 0.6) is 5.75 Å². The van der Waals surface area contributed by atoms with Gasteiger partial charge in [-0.15, -0.1) is 0 Å². The number of pyridine rings is 1. The monoisotopic (exact) mass is 435 g/mol. The van der Waals surface area contributed by atoms with Crippen LogP contribution < -0.4 is 10.4 Å². The summed E-state index contributed by atoms with van der Waals surface area (Å²) in [6, 6.07) is 18.5. The van der Waals surface area contributed by atoms with Crippen molar-refractivity contribution in [1.29, 1.82) is 0 Å². The highest BCUT2D eigenvalue weighted by atomic mass is 35.5. The van der Waals surface area contributed by atoms with Crippen LogP contribution in [0.15, 0.2) is 69.9 Å². The van der Waals surface area contributed by atoms with Crippen molar-refractivity contribution in [1.82, 2.24) is 4.98 Å². The Morgan fingerprint density at radius 2 is 1.80 bits per heavy atom. The van der Waals surface area contributed by atoms with E-state index in [9.17, 15) is 4.79 Å². The Balaban J connectivity index is 1.67. The zero-order valence-electron chi connectivity index (χ0n) is 15.9. The van der Waals surface area contributed by atoms with E-state index in [2.05, 4.69) is 4.98 Å². The Morgan fingerprint density at radius 1 is 0.967 bits per heavy atom. The third kappa shape index (κ3) is 3.18. The van der Waals surface area contributed by atoms with Crippen LogP contribution in [-0.4, -0.2) is 4.98 Å². The second kappa shape index (κ2) is 7.31. The van der Waals surface area contributed by atoms with E-state index in [0.29, 0.717) is 32.5 Å². The fourth-order valence-corrected chi connectivity index (χ4v) is 4.28. The van der Waals surface area contributed by atoms with Crippen LogP contribution >= 0.6 is 23.2 Å². The first-order chi connectivity index (χ1) is 14.5. The molecule has 148 valence electrons. The largest absolute Gasteiger partial charge is 0.485 e. The van der Waals surface area contributed by atoms with Crippen LogP contribution in [0.1, 0.15) is 11.3 Å². The topological polar surface area (TPSA) is 52.3 Å². The Bertz CT molecular complexity index is 1510. The van der Waals surface area contributed by atoms with Crippen molar-refractivity contribution in [2.75, 3.05) is 0 Å². The van der Waals surface area contributed by atoms with Gasteiger partial charge in [0.25, 0.3) is 0 Å². The second-order valence-electron chi connectivity index (χ2n) is 7.06. The van der Waals surface area contributed by atoms with Gasteiger partial charge in [-0.25, -0.2) is 9.78 Å². The van der Waals surface area contributed by atoms with Gasteiger partial charge < -0.3 is 9.15 Å². The predicted molar refractivity (Wildman–Crippen MR) is 121 cm³/mol. The molecule has 0 aliphatic rings. The lowest BCUT2D eigenvalue weighted by Crippen LogP contribution is -2.05. The molecule has 30 heavy (non-hydrogen) atoms. The molecule has 0 saturated carbocycles. The molecule has 0 aliphatic carbocycles. The number of ether oxygens (including phenoxy) is 1. The van der Waals surface area contributed by atoms with Gasteiger partial charge in [0.2, 0.25) is 0 Å². The number of hydrogen-bond acceptors (Lipinski definition) is 4. The zero-order chi connectivity index (χ0) is 20.8. The van der Waals surface area contributed by atoms with Gasteiger partial charge >= 0.3 is 5.63 Å². The molecule has 0 spiro atoms. The van der Waals surface area contributed by atoms with Crippen molar-refractivity contribution in [2.24, 2.45) is 0 Å². The summed E-state index contributed by atoms with van der Waals surface area (Å²) in [6.45, 7) is 2.02. The summed E-state index contributed by atoms with van der Waals surface area (Å²) in [5, 5.41) is 4.50. The average Bonchev–Trinajstić information content (AvgIpc) is 2.72. The summed E-state index contributed by atoms with van der Waals surface area (Å²) < 4.78 is 11.5. The van der Waals surface area contributed by atoms with Gasteiger partial charge in [-0.3, -0.25) is 0 Å². The molecule has 4 nitrogen and oxygen atoms in total. The van der Waals surface area contributed by atoms with E-state index < -0.39 is 5.63 Å². The van der Waals surface area contributed by atoms with E-state index in [0.717, 1.165) is 27.2 Å². The molecule has 0 unspecified atom stereocenters. The summed E-state index contributed by atoms with van der Waals surface area (Å²) >= 11 is 12.8. The fraction of sp³-hybridized carbons (Fsp3) is 0.0833. The molecule has 0 fully saturated rings. The summed E-state index contributed by atoms with van der Waals surface area (Å²) in [5.74, 6) is 0.432. The minimum Gasteiger partial charge on any atom is -0.485 e. The lowest BCUT2D eigenvalue weighted by Gasteiger charge is -2.14. The van der Waals surface area contributed by atoms with Gasteiger partial charge in [-0.1, -0.05) is 53.5 Å². The number of hydrogen-bond donors (Lipinski definition) is 0. The first-order valence-corrected chi connectivity index (χ1v) is 10.1. The number of rotatable bonds is 3. The molecular formula is C24H15Cl2NO3. The third-order valence-electron chi connectivity index (χ3n) is 5.06. The minimum atomic E-state index is -0.433. The van der Waals surface area contributed by atoms with Crippen LogP contribution in [0.4, 0.5) is 0 Å². The number of fused-ring (bicyclic) bond motifs is 4. The maximum atomic E-state index is 12.1. The number of halogens is 2. The summed E-state index contributed by atoms with van der Waals surface area (Å²) in [4.78, 5) is 16.7. The van der Waals surface area contributed by atoms with Gasteiger partial charge in [-0.05, 0) is 42.0 Å². The summed E-state index contributed by atoms with van der Waals surface area (Å²) in [5.41, 5.74) is 2.20. The zero-order valence-corrected chi connectivity index (χ0v) is 17.4. The molecule has 0 atom stereocenters. The Morgan fingerprint density at radius 3 is 2.67 bits per heavy atom. The second-order valence-corrected chi connectivity index (χ2v) is 7.87. The SMILES string of the molecule is Cc1ccc2c(Cl)cc(Cl)c(OCc3cc(=O)oc4ccc5ccccc5c34)c2n1. The van der Waals surface area contributed by atoms with Crippen LogP contribution in [0.3, 0.4) is 0 Å². The highest BCUT2D eigenvalue weighted by Crippen LogP contribution is 2.38. The summed E-state index contributed by atoms with van der Waals surface area (Å²) in [6.07, 6.45) is 0. The van der Waals surface area contributed by atoms with E-state index >= 15 is 0 Å². The first-order valence-electron chi connectivity index (χ1n) is 9.34. The van der Waals surface area contributed by atoms with Gasteiger partial charge in [0.05, 0.1) is 10.0 Å². The maximum absolute atomic E-state index is 12.1. The van der Waals surface area contributed by atoms with E-state index in [1.54, 1.807) is 12.1 Å². The first kappa shape index (κ1) is 18.9. The van der Waals surface area contributed by atoms with Crippen molar-refractivity contribution in [3.8, 4) is 5.75 Å². The molecule has 0 amide bonds. The molecular weight excluding hydrogens is 421 g/mol. The highest BCUT2D eigenvalue weighted by molar-refractivity contribution is 6.39. The van der Waals surface area contributed by atoms with Crippen LogP contribution in [0.2, 0.25) is 10.0 Å². The van der Waals surface area contributed by atoms with Crippen LogP contribution in [0, 0.1) is 6.92 Å². The van der Waals surface area contributed by atoms with Gasteiger partial charge in [-0.2, -0.15) is 0 Å². The Hall–Kier alpha value is -3.08. The lowest BCUT2D eigenvalue weighted by atomic mass is 10.0. The molecule has 0 radical (unpaired) electrons. The number of nitrogens with zero attached hydrogens (tertiary/aromatic N) is 1. The Kier molecular flexibility index (Phi) is 4.61. The van der Waals surface area contributed by atoms with Crippen molar-refractivity contribution in [2.45, 2.75) is 13.5 Å². The minimum absolute atomic E-state index is 0.127. The van der Waals surface area contributed by atoms with Gasteiger partial charge in [0.15, 0.2) is 5.75 Å². The highest BCUT2D eigenvalue weighted by Gasteiger charge is 2.15.